The molecule has 1 fully saturated rings. The standard InChI is InChI=1S/C19H27N3O9S/c1-19(2,3)31-18(25)20-10-14(12-23)21(11-13(20)9-17(24)30-4)32(28,29)16-8-6-5-7-15(16)22(26)27/h5-8,13-14,23H,9-12H2,1-4H3. The molecule has 1 aromatic carbocycles. The van der Waals surface area contributed by atoms with Gasteiger partial charge in [0.25, 0.3) is 5.69 Å². The highest BCUT2D eigenvalue weighted by molar-refractivity contribution is 7.89. The molecule has 0 bridgehead atoms. The van der Waals surface area contributed by atoms with Crippen LogP contribution in [0.4, 0.5) is 10.5 Å². The number of esters is 1. The molecule has 1 aliphatic rings. The van der Waals surface area contributed by atoms with Gasteiger partial charge in [0.05, 0.1) is 37.1 Å². The van der Waals surface area contributed by atoms with Crippen LogP contribution in [0.25, 0.3) is 0 Å². The van der Waals surface area contributed by atoms with Crippen molar-refractivity contribution in [3.63, 3.8) is 0 Å². The van der Waals surface area contributed by atoms with Crippen LogP contribution in [0.5, 0.6) is 0 Å². The van der Waals surface area contributed by atoms with Crippen LogP contribution in [-0.2, 0) is 24.3 Å². The van der Waals surface area contributed by atoms with Gasteiger partial charge in [0.1, 0.15) is 5.60 Å². The van der Waals surface area contributed by atoms with Crippen LogP contribution in [0, 0.1) is 10.1 Å². The van der Waals surface area contributed by atoms with E-state index in [1.807, 2.05) is 0 Å². The SMILES string of the molecule is COC(=O)CC1CN(S(=O)(=O)c2ccccc2[N+](=O)[O-])C(CO)CN1C(=O)OC(C)(C)C. The lowest BCUT2D eigenvalue weighted by molar-refractivity contribution is -0.387. The highest BCUT2D eigenvalue weighted by Gasteiger charge is 2.45. The Morgan fingerprint density at radius 2 is 1.84 bits per heavy atom. The van der Waals surface area contributed by atoms with E-state index in [-0.39, 0.29) is 13.0 Å². The Kier molecular flexibility index (Phi) is 7.80. The normalized spacial score (nSPS) is 20.0. The lowest BCUT2D eigenvalue weighted by atomic mass is 10.1. The summed E-state index contributed by atoms with van der Waals surface area (Å²) >= 11 is 0. The number of piperazine rings is 1. The number of ether oxygens (including phenoxy) is 2. The topological polar surface area (TPSA) is 157 Å². The van der Waals surface area contributed by atoms with E-state index in [1.54, 1.807) is 20.8 Å². The number of nitrogens with zero attached hydrogens (tertiary/aromatic N) is 3. The molecule has 2 rings (SSSR count). The minimum absolute atomic E-state index is 0.285. The molecule has 1 N–H and O–H groups in total. The summed E-state index contributed by atoms with van der Waals surface area (Å²) in [4.78, 5) is 35.9. The zero-order chi connectivity index (χ0) is 24.3. The highest BCUT2D eigenvalue weighted by Crippen LogP contribution is 2.31. The Morgan fingerprint density at radius 1 is 1.22 bits per heavy atom. The number of hydrogen-bond donors (Lipinski definition) is 1. The van der Waals surface area contributed by atoms with Crippen LogP contribution in [0.2, 0.25) is 0 Å². The van der Waals surface area contributed by atoms with E-state index in [0.29, 0.717) is 0 Å². The van der Waals surface area contributed by atoms with Gasteiger partial charge in [0, 0.05) is 19.2 Å². The minimum Gasteiger partial charge on any atom is -0.469 e. The predicted octanol–water partition coefficient (Wildman–Crippen LogP) is 1.13. The van der Waals surface area contributed by atoms with Gasteiger partial charge in [-0.3, -0.25) is 14.9 Å². The summed E-state index contributed by atoms with van der Waals surface area (Å²) in [6.45, 7) is 3.61. The monoisotopic (exact) mass is 473 g/mol. The molecule has 0 radical (unpaired) electrons. The Morgan fingerprint density at radius 3 is 2.38 bits per heavy atom. The Hall–Kier alpha value is -2.77. The fourth-order valence-corrected chi connectivity index (χ4v) is 5.12. The fourth-order valence-electron chi connectivity index (χ4n) is 3.31. The molecule has 0 aromatic heterocycles. The number of aliphatic hydroxyl groups is 1. The van der Waals surface area contributed by atoms with Crippen molar-refractivity contribution in [1.82, 2.24) is 9.21 Å². The van der Waals surface area contributed by atoms with Crippen molar-refractivity contribution in [3.8, 4) is 0 Å². The molecule has 1 heterocycles. The van der Waals surface area contributed by atoms with E-state index < -0.39 is 68.4 Å². The maximum Gasteiger partial charge on any atom is 0.410 e. The molecule has 1 aliphatic heterocycles. The van der Waals surface area contributed by atoms with Gasteiger partial charge in [-0.15, -0.1) is 0 Å². The van der Waals surface area contributed by atoms with Gasteiger partial charge >= 0.3 is 12.1 Å². The first-order valence-corrected chi connectivity index (χ1v) is 11.2. The number of methoxy groups -OCH3 is 1. The third kappa shape index (κ3) is 5.72. The van der Waals surface area contributed by atoms with E-state index in [9.17, 15) is 33.2 Å². The molecule has 32 heavy (non-hydrogen) atoms. The third-order valence-electron chi connectivity index (χ3n) is 4.76. The lowest BCUT2D eigenvalue weighted by Gasteiger charge is -2.44. The van der Waals surface area contributed by atoms with E-state index in [0.717, 1.165) is 23.5 Å². The molecule has 2 unspecified atom stereocenters. The summed E-state index contributed by atoms with van der Waals surface area (Å²) in [6, 6.07) is 2.75. The Labute approximate surface area is 185 Å². The highest BCUT2D eigenvalue weighted by atomic mass is 32.2. The number of hydrogen-bond acceptors (Lipinski definition) is 9. The largest absolute Gasteiger partial charge is 0.469 e. The molecule has 1 amide bonds. The van der Waals surface area contributed by atoms with Gasteiger partial charge in [-0.2, -0.15) is 4.31 Å². The van der Waals surface area contributed by atoms with Crippen LogP contribution in [0.3, 0.4) is 0 Å². The minimum atomic E-state index is -4.46. The van der Waals surface area contributed by atoms with Crippen molar-refractivity contribution in [3.05, 3.63) is 34.4 Å². The van der Waals surface area contributed by atoms with Crippen LogP contribution in [0.15, 0.2) is 29.2 Å². The summed E-state index contributed by atoms with van der Waals surface area (Å²) in [7, 11) is -3.30. The second-order valence-corrected chi connectivity index (χ2v) is 10.1. The van der Waals surface area contributed by atoms with Crippen LogP contribution in [-0.4, -0.2) is 84.2 Å². The van der Waals surface area contributed by atoms with Crippen LogP contribution in [0.1, 0.15) is 27.2 Å². The summed E-state index contributed by atoms with van der Waals surface area (Å²) in [5.74, 6) is -0.686. The zero-order valence-corrected chi connectivity index (χ0v) is 19.1. The van der Waals surface area contributed by atoms with Crippen molar-refractivity contribution in [1.29, 1.82) is 0 Å². The molecule has 1 saturated heterocycles. The first-order chi connectivity index (χ1) is 14.8. The number of rotatable bonds is 6. The number of nitro groups is 1. The van der Waals surface area contributed by atoms with Crippen molar-refractivity contribution in [2.75, 3.05) is 26.8 Å². The number of carbonyl (C=O) groups excluding carboxylic acids is 2. The molecule has 13 heteroatoms. The van der Waals surface area contributed by atoms with Crippen molar-refractivity contribution in [2.45, 2.75) is 49.8 Å². The number of aliphatic hydroxyl groups excluding tert-OH is 1. The van der Waals surface area contributed by atoms with Gasteiger partial charge in [0.15, 0.2) is 4.90 Å². The number of sulfonamides is 1. The van der Waals surface area contributed by atoms with Crippen molar-refractivity contribution in [2.24, 2.45) is 0 Å². The van der Waals surface area contributed by atoms with E-state index >= 15 is 0 Å². The molecule has 178 valence electrons. The summed E-state index contributed by atoms with van der Waals surface area (Å²) in [6.07, 6.45) is -1.12. The number of nitro benzene ring substituents is 1. The Balaban J connectivity index is 2.48. The molecule has 0 spiro atoms. The predicted molar refractivity (Wildman–Crippen MR) is 111 cm³/mol. The van der Waals surface area contributed by atoms with Gasteiger partial charge < -0.3 is 19.5 Å². The average Bonchev–Trinajstić information content (AvgIpc) is 2.71. The molecule has 12 nitrogen and oxygen atoms in total. The summed E-state index contributed by atoms with van der Waals surface area (Å²) in [5, 5.41) is 21.3. The van der Waals surface area contributed by atoms with E-state index in [4.69, 9.17) is 4.74 Å². The van der Waals surface area contributed by atoms with Gasteiger partial charge in [-0.05, 0) is 26.8 Å². The number of para-hydroxylation sites is 1. The average molecular weight is 474 g/mol. The molecule has 0 saturated carbocycles. The molecule has 0 aliphatic carbocycles. The van der Waals surface area contributed by atoms with Gasteiger partial charge in [-0.1, -0.05) is 12.1 Å². The number of carbonyl (C=O) groups is 2. The molecule has 1 aromatic rings. The van der Waals surface area contributed by atoms with Crippen molar-refractivity contribution < 1.29 is 37.5 Å². The molecular formula is C19H27N3O9S. The van der Waals surface area contributed by atoms with Gasteiger partial charge in [0.2, 0.25) is 10.0 Å². The fraction of sp³-hybridized carbons (Fsp3) is 0.579. The maximum absolute atomic E-state index is 13.3. The summed E-state index contributed by atoms with van der Waals surface area (Å²) in [5.41, 5.74) is -1.47. The third-order valence-corrected chi connectivity index (χ3v) is 6.73. The second kappa shape index (κ2) is 9.79. The number of benzene rings is 1. The quantitative estimate of drug-likeness (QED) is 0.363. The number of amides is 1. The first-order valence-electron chi connectivity index (χ1n) is 9.74. The lowest BCUT2D eigenvalue weighted by Crippen LogP contribution is -2.63. The molecular weight excluding hydrogens is 446 g/mol. The maximum atomic E-state index is 13.3. The zero-order valence-electron chi connectivity index (χ0n) is 18.3. The molecule has 2 atom stereocenters. The van der Waals surface area contributed by atoms with Gasteiger partial charge in [-0.25, -0.2) is 13.2 Å². The van der Waals surface area contributed by atoms with Crippen LogP contribution < -0.4 is 0 Å². The van der Waals surface area contributed by atoms with E-state index in [1.165, 1.54) is 17.0 Å². The van der Waals surface area contributed by atoms with Crippen LogP contribution >= 0.6 is 0 Å². The Bertz CT molecular complexity index is 975. The van der Waals surface area contributed by atoms with Crippen molar-refractivity contribution >= 4 is 27.8 Å². The second-order valence-electron chi connectivity index (χ2n) is 8.20. The first kappa shape index (κ1) is 25.5. The van der Waals surface area contributed by atoms with E-state index in [2.05, 4.69) is 4.74 Å². The smallest absolute Gasteiger partial charge is 0.410 e. The summed E-state index contributed by atoms with van der Waals surface area (Å²) < 4.78 is 37.6.